The Labute approximate surface area is 106 Å². The van der Waals surface area contributed by atoms with Crippen molar-refractivity contribution in [1.29, 1.82) is 0 Å². The fourth-order valence-corrected chi connectivity index (χ4v) is 1.66. The normalized spacial score (nSPS) is 10.2. The summed E-state index contributed by atoms with van der Waals surface area (Å²) < 4.78 is 12.1. The molecule has 6 nitrogen and oxygen atoms in total. The molecule has 0 atom stereocenters. The summed E-state index contributed by atoms with van der Waals surface area (Å²) in [5.41, 5.74) is 0.850. The summed E-state index contributed by atoms with van der Waals surface area (Å²) in [6, 6.07) is 5.56. The first-order chi connectivity index (χ1) is 8.67. The lowest BCUT2D eigenvalue weighted by Gasteiger charge is -2.05. The van der Waals surface area contributed by atoms with Gasteiger partial charge in [0.25, 0.3) is 0 Å². The van der Waals surface area contributed by atoms with Crippen molar-refractivity contribution < 1.29 is 9.47 Å². The van der Waals surface area contributed by atoms with Crippen LogP contribution in [0.5, 0.6) is 11.5 Å². The van der Waals surface area contributed by atoms with E-state index in [1.54, 1.807) is 25.9 Å². The smallest absolute Gasteiger partial charge is 0.221 e. The van der Waals surface area contributed by atoms with Crippen LogP contribution in [0.25, 0.3) is 11.4 Å². The van der Waals surface area contributed by atoms with Gasteiger partial charge in [-0.05, 0) is 12.1 Å². The summed E-state index contributed by atoms with van der Waals surface area (Å²) >= 11 is 0. The lowest BCUT2D eigenvalue weighted by atomic mass is 10.2. The maximum atomic E-state index is 5.22. The third kappa shape index (κ3) is 2.22. The van der Waals surface area contributed by atoms with Gasteiger partial charge in [-0.25, -0.2) is 4.68 Å². The zero-order chi connectivity index (χ0) is 13.1. The number of hydrogen-bond acceptors (Lipinski definition) is 5. The van der Waals surface area contributed by atoms with Crippen molar-refractivity contribution in [3.8, 4) is 22.9 Å². The van der Waals surface area contributed by atoms with E-state index >= 15 is 0 Å². The van der Waals surface area contributed by atoms with Crippen molar-refractivity contribution in [3.63, 3.8) is 0 Å². The van der Waals surface area contributed by atoms with Gasteiger partial charge in [0.1, 0.15) is 11.5 Å². The molecule has 6 heteroatoms. The number of nitrogens with zero attached hydrogens (tertiary/aromatic N) is 3. The highest BCUT2D eigenvalue weighted by Gasteiger charge is 2.10. The van der Waals surface area contributed by atoms with Gasteiger partial charge in [-0.2, -0.15) is 4.98 Å². The molecule has 0 aliphatic rings. The summed E-state index contributed by atoms with van der Waals surface area (Å²) in [6.45, 7) is 0. The Kier molecular flexibility index (Phi) is 3.36. The highest BCUT2D eigenvalue weighted by molar-refractivity contribution is 5.61. The highest BCUT2D eigenvalue weighted by atomic mass is 16.5. The van der Waals surface area contributed by atoms with E-state index in [4.69, 9.17) is 9.47 Å². The lowest BCUT2D eigenvalue weighted by Crippen LogP contribution is -1.98. The van der Waals surface area contributed by atoms with E-state index in [9.17, 15) is 0 Å². The van der Waals surface area contributed by atoms with Crippen molar-refractivity contribution >= 4 is 5.95 Å². The molecule has 2 rings (SSSR count). The van der Waals surface area contributed by atoms with Crippen LogP contribution < -0.4 is 14.8 Å². The van der Waals surface area contributed by atoms with Crippen molar-refractivity contribution in [2.24, 2.45) is 7.05 Å². The average molecular weight is 248 g/mol. The van der Waals surface area contributed by atoms with E-state index in [0.717, 1.165) is 5.56 Å². The number of benzene rings is 1. The number of rotatable bonds is 4. The van der Waals surface area contributed by atoms with Crippen LogP contribution in [0.4, 0.5) is 5.95 Å². The second kappa shape index (κ2) is 4.95. The van der Waals surface area contributed by atoms with E-state index < -0.39 is 0 Å². The Morgan fingerprint density at radius 2 is 1.72 bits per heavy atom. The molecule has 1 N–H and O–H groups in total. The second-order valence-corrected chi connectivity index (χ2v) is 3.73. The van der Waals surface area contributed by atoms with E-state index in [1.165, 1.54) is 0 Å². The van der Waals surface area contributed by atoms with Gasteiger partial charge in [-0.1, -0.05) is 0 Å². The topological polar surface area (TPSA) is 61.2 Å². The predicted molar refractivity (Wildman–Crippen MR) is 69.1 cm³/mol. The van der Waals surface area contributed by atoms with Gasteiger partial charge in [-0.15, -0.1) is 5.10 Å². The van der Waals surface area contributed by atoms with Gasteiger partial charge in [-0.3, -0.25) is 0 Å². The van der Waals surface area contributed by atoms with Crippen LogP contribution in [-0.4, -0.2) is 36.0 Å². The molecule has 0 saturated heterocycles. The van der Waals surface area contributed by atoms with Gasteiger partial charge in [0, 0.05) is 25.7 Å². The van der Waals surface area contributed by atoms with Crippen molar-refractivity contribution in [2.45, 2.75) is 0 Å². The molecule has 0 radical (unpaired) electrons. The van der Waals surface area contributed by atoms with Crippen molar-refractivity contribution in [3.05, 3.63) is 18.2 Å². The molecule has 0 saturated carbocycles. The van der Waals surface area contributed by atoms with E-state index in [-0.39, 0.29) is 0 Å². The molecule has 18 heavy (non-hydrogen) atoms. The lowest BCUT2D eigenvalue weighted by molar-refractivity contribution is 0.394. The molecule has 1 aromatic carbocycles. The zero-order valence-electron chi connectivity index (χ0n) is 10.9. The maximum Gasteiger partial charge on any atom is 0.221 e. The fourth-order valence-electron chi connectivity index (χ4n) is 1.66. The van der Waals surface area contributed by atoms with Crippen LogP contribution in [-0.2, 0) is 7.05 Å². The highest BCUT2D eigenvalue weighted by Crippen LogP contribution is 2.28. The van der Waals surface area contributed by atoms with Gasteiger partial charge >= 0.3 is 0 Å². The van der Waals surface area contributed by atoms with Crippen LogP contribution in [0, 0.1) is 0 Å². The number of anilines is 1. The number of ether oxygens (including phenoxy) is 2. The minimum Gasteiger partial charge on any atom is -0.497 e. The Hall–Kier alpha value is -2.24. The number of nitrogens with one attached hydrogen (secondary N) is 1. The Balaban J connectivity index is 2.48. The molecule has 0 spiro atoms. The van der Waals surface area contributed by atoms with Crippen LogP contribution in [0.3, 0.4) is 0 Å². The minimum absolute atomic E-state index is 0.624. The standard InChI is InChI=1S/C12H16N4O2/c1-13-12-14-11(15-16(12)2)8-5-9(17-3)7-10(6-8)18-4/h5-7H,1-4H3,(H,13,14,15). The first-order valence-electron chi connectivity index (χ1n) is 5.50. The van der Waals surface area contributed by atoms with Gasteiger partial charge in [0.2, 0.25) is 5.95 Å². The third-order valence-electron chi connectivity index (χ3n) is 2.60. The first-order valence-corrected chi connectivity index (χ1v) is 5.50. The quantitative estimate of drug-likeness (QED) is 0.889. The van der Waals surface area contributed by atoms with Crippen LogP contribution >= 0.6 is 0 Å². The van der Waals surface area contributed by atoms with E-state index in [2.05, 4.69) is 15.4 Å². The zero-order valence-corrected chi connectivity index (χ0v) is 10.9. The SMILES string of the molecule is CNc1nc(-c2cc(OC)cc(OC)c2)nn1C. The van der Waals surface area contributed by atoms with Gasteiger partial charge in [0.05, 0.1) is 14.2 Å². The molecule has 0 aliphatic heterocycles. The molecular formula is C12H16N4O2. The second-order valence-electron chi connectivity index (χ2n) is 3.73. The van der Waals surface area contributed by atoms with Gasteiger partial charge < -0.3 is 14.8 Å². The van der Waals surface area contributed by atoms with Crippen LogP contribution in [0.1, 0.15) is 0 Å². The molecule has 96 valence electrons. The summed E-state index contributed by atoms with van der Waals surface area (Å²) in [4.78, 5) is 4.38. The summed E-state index contributed by atoms with van der Waals surface area (Å²) in [6.07, 6.45) is 0. The Morgan fingerprint density at radius 3 is 2.17 bits per heavy atom. The molecule has 0 fully saturated rings. The molecule has 0 aliphatic carbocycles. The largest absolute Gasteiger partial charge is 0.497 e. The number of hydrogen-bond donors (Lipinski definition) is 1. The molecular weight excluding hydrogens is 232 g/mol. The average Bonchev–Trinajstić information content (AvgIpc) is 2.79. The maximum absolute atomic E-state index is 5.22. The number of methoxy groups -OCH3 is 2. The monoisotopic (exact) mass is 248 g/mol. The summed E-state index contributed by atoms with van der Waals surface area (Å²) in [5.74, 6) is 2.75. The third-order valence-corrected chi connectivity index (χ3v) is 2.60. The Bertz CT molecular complexity index is 529. The predicted octanol–water partition coefficient (Wildman–Crippen LogP) is 1.54. The molecule has 2 aromatic rings. The molecule has 0 bridgehead atoms. The van der Waals surface area contributed by atoms with Crippen LogP contribution in [0.15, 0.2) is 18.2 Å². The van der Waals surface area contributed by atoms with E-state index in [1.807, 2.05) is 25.2 Å². The van der Waals surface area contributed by atoms with Gasteiger partial charge in [0.15, 0.2) is 5.82 Å². The summed E-state index contributed by atoms with van der Waals surface area (Å²) in [7, 11) is 6.87. The van der Waals surface area contributed by atoms with Crippen molar-refractivity contribution in [2.75, 3.05) is 26.6 Å². The number of aryl methyl sites for hydroxylation is 1. The molecule has 1 aromatic heterocycles. The Morgan fingerprint density at radius 1 is 1.11 bits per heavy atom. The fraction of sp³-hybridized carbons (Fsp3) is 0.333. The molecule has 0 amide bonds. The molecule has 0 unspecified atom stereocenters. The summed E-state index contributed by atoms with van der Waals surface area (Å²) in [5, 5.41) is 7.30. The first kappa shape index (κ1) is 12.2. The minimum atomic E-state index is 0.624. The number of aromatic nitrogens is 3. The van der Waals surface area contributed by atoms with Crippen LogP contribution in [0.2, 0.25) is 0 Å². The molecule has 1 heterocycles. The van der Waals surface area contributed by atoms with E-state index in [0.29, 0.717) is 23.3 Å². The van der Waals surface area contributed by atoms with Crippen molar-refractivity contribution in [1.82, 2.24) is 14.8 Å².